The van der Waals surface area contributed by atoms with Crippen molar-refractivity contribution in [3.63, 3.8) is 0 Å². The third-order valence-electron chi connectivity index (χ3n) is 3.10. The van der Waals surface area contributed by atoms with Gasteiger partial charge in [-0.3, -0.25) is 0 Å². The van der Waals surface area contributed by atoms with E-state index >= 15 is 0 Å². The molecule has 86 valence electrons. The van der Waals surface area contributed by atoms with Crippen molar-refractivity contribution in [2.45, 2.75) is 0 Å². The minimum Gasteiger partial charge on any atom is -0.204 e. The van der Waals surface area contributed by atoms with E-state index in [-0.39, 0.29) is 0 Å². The molecule has 0 amide bonds. The number of fused-ring (bicyclic) bond motifs is 1. The summed E-state index contributed by atoms with van der Waals surface area (Å²) < 4.78 is 0. The number of benzene rings is 3. The van der Waals surface area contributed by atoms with Crippen molar-refractivity contribution in [1.82, 2.24) is 0 Å². The summed E-state index contributed by atoms with van der Waals surface area (Å²) in [6, 6.07) is 22.4. The zero-order chi connectivity index (χ0) is 12.4. The molecule has 0 bridgehead atoms. The Morgan fingerprint density at radius 3 is 2.22 bits per heavy atom. The lowest BCUT2D eigenvalue weighted by Crippen LogP contribution is -1.80. The summed E-state index contributed by atoms with van der Waals surface area (Å²) in [5.74, 6) is 0. The minimum atomic E-state index is 0.680. The van der Waals surface area contributed by atoms with E-state index in [1.54, 1.807) is 0 Å². The molecule has 0 aliphatic heterocycles. The standard InChI is InChI=1S/C16H12N2/c17-18-14-10-8-13(9-11-14)16-7-3-5-12-4-1-2-6-15(12)16/h1-11,17H. The summed E-state index contributed by atoms with van der Waals surface area (Å²) in [5, 5.41) is 5.90. The highest BCUT2D eigenvalue weighted by molar-refractivity contribution is 5.96. The van der Waals surface area contributed by atoms with Gasteiger partial charge in [-0.2, -0.15) is 5.11 Å². The summed E-state index contributed by atoms with van der Waals surface area (Å²) in [4.78, 5) is 0. The molecule has 3 aromatic carbocycles. The average Bonchev–Trinajstić information content (AvgIpc) is 2.47. The third-order valence-corrected chi connectivity index (χ3v) is 3.10. The van der Waals surface area contributed by atoms with Crippen LogP contribution in [-0.2, 0) is 0 Å². The molecule has 3 rings (SSSR count). The summed E-state index contributed by atoms with van der Waals surface area (Å²) in [6.45, 7) is 0. The zero-order valence-corrected chi connectivity index (χ0v) is 9.80. The van der Waals surface area contributed by atoms with Crippen molar-refractivity contribution in [2.24, 2.45) is 5.11 Å². The van der Waals surface area contributed by atoms with Gasteiger partial charge in [-0.15, -0.1) is 0 Å². The normalized spacial score (nSPS) is 10.4. The molecule has 0 heterocycles. The zero-order valence-electron chi connectivity index (χ0n) is 9.80. The van der Waals surface area contributed by atoms with E-state index in [4.69, 9.17) is 5.53 Å². The first-order valence-electron chi connectivity index (χ1n) is 5.84. The van der Waals surface area contributed by atoms with Crippen molar-refractivity contribution in [3.05, 3.63) is 66.7 Å². The second-order valence-corrected chi connectivity index (χ2v) is 4.19. The van der Waals surface area contributed by atoms with E-state index in [0.717, 1.165) is 5.56 Å². The Morgan fingerprint density at radius 2 is 1.44 bits per heavy atom. The van der Waals surface area contributed by atoms with E-state index in [1.807, 2.05) is 30.3 Å². The van der Waals surface area contributed by atoms with Crippen LogP contribution in [0.5, 0.6) is 0 Å². The van der Waals surface area contributed by atoms with Crippen LogP contribution in [-0.4, -0.2) is 0 Å². The van der Waals surface area contributed by atoms with Crippen LogP contribution >= 0.6 is 0 Å². The first kappa shape index (κ1) is 10.7. The van der Waals surface area contributed by atoms with Gasteiger partial charge in [0.1, 0.15) is 0 Å². The predicted octanol–water partition coefficient (Wildman–Crippen LogP) is 5.17. The molecule has 0 aliphatic carbocycles. The molecule has 0 radical (unpaired) electrons. The van der Waals surface area contributed by atoms with Crippen LogP contribution in [0.4, 0.5) is 5.69 Å². The van der Waals surface area contributed by atoms with Crippen LogP contribution in [0, 0.1) is 5.53 Å². The molecule has 2 heteroatoms. The highest BCUT2D eigenvalue weighted by Crippen LogP contribution is 2.29. The maximum Gasteiger partial charge on any atom is 0.0850 e. The second-order valence-electron chi connectivity index (χ2n) is 4.19. The van der Waals surface area contributed by atoms with Gasteiger partial charge in [-0.25, -0.2) is 5.53 Å². The molecule has 0 fully saturated rings. The topological polar surface area (TPSA) is 36.2 Å². The predicted molar refractivity (Wildman–Crippen MR) is 74.2 cm³/mol. The maximum absolute atomic E-state index is 6.97. The summed E-state index contributed by atoms with van der Waals surface area (Å²) >= 11 is 0. The first-order chi connectivity index (χ1) is 8.88. The summed E-state index contributed by atoms with van der Waals surface area (Å²) in [5.41, 5.74) is 10.0. The number of nitrogens with zero attached hydrogens (tertiary/aromatic N) is 1. The van der Waals surface area contributed by atoms with E-state index < -0.39 is 0 Å². The molecule has 0 atom stereocenters. The first-order valence-corrected chi connectivity index (χ1v) is 5.84. The average molecular weight is 232 g/mol. The molecule has 1 N–H and O–H groups in total. The van der Waals surface area contributed by atoms with E-state index in [0.29, 0.717) is 5.69 Å². The molecule has 0 saturated heterocycles. The van der Waals surface area contributed by atoms with Gasteiger partial charge in [-0.05, 0) is 34.0 Å². The van der Waals surface area contributed by atoms with Crippen molar-refractivity contribution in [1.29, 1.82) is 5.53 Å². The third kappa shape index (κ3) is 1.78. The fraction of sp³-hybridized carbons (Fsp3) is 0. The molecular formula is C16H12N2. The van der Waals surface area contributed by atoms with Crippen LogP contribution in [0.15, 0.2) is 71.8 Å². The molecule has 0 saturated carbocycles. The van der Waals surface area contributed by atoms with Gasteiger partial charge in [0, 0.05) is 0 Å². The highest BCUT2D eigenvalue weighted by Gasteiger charge is 2.02. The molecule has 2 nitrogen and oxygen atoms in total. The summed E-state index contributed by atoms with van der Waals surface area (Å²) in [6.07, 6.45) is 0. The van der Waals surface area contributed by atoms with Gasteiger partial charge in [-0.1, -0.05) is 54.6 Å². The van der Waals surface area contributed by atoms with Crippen molar-refractivity contribution < 1.29 is 0 Å². The van der Waals surface area contributed by atoms with Gasteiger partial charge in [0.05, 0.1) is 5.69 Å². The number of rotatable bonds is 2. The Kier molecular flexibility index (Phi) is 2.61. The van der Waals surface area contributed by atoms with Crippen LogP contribution in [0.3, 0.4) is 0 Å². The van der Waals surface area contributed by atoms with Gasteiger partial charge >= 0.3 is 0 Å². The Hall–Kier alpha value is -2.48. The molecule has 0 unspecified atom stereocenters. The SMILES string of the molecule is N=Nc1ccc(-c2cccc3ccccc23)cc1. The lowest BCUT2D eigenvalue weighted by Gasteiger charge is -2.06. The smallest absolute Gasteiger partial charge is 0.0850 e. The van der Waals surface area contributed by atoms with Gasteiger partial charge in [0.25, 0.3) is 0 Å². The highest BCUT2D eigenvalue weighted by atomic mass is 14.9. The fourth-order valence-corrected chi connectivity index (χ4v) is 2.19. The van der Waals surface area contributed by atoms with E-state index in [9.17, 15) is 0 Å². The number of hydrogen-bond donors (Lipinski definition) is 1. The largest absolute Gasteiger partial charge is 0.204 e. The molecule has 0 spiro atoms. The van der Waals surface area contributed by atoms with Gasteiger partial charge in [0.2, 0.25) is 0 Å². The fourth-order valence-electron chi connectivity index (χ4n) is 2.19. The van der Waals surface area contributed by atoms with E-state index in [1.165, 1.54) is 16.3 Å². The molecule has 0 aliphatic rings. The van der Waals surface area contributed by atoms with E-state index in [2.05, 4.69) is 41.5 Å². The second kappa shape index (κ2) is 4.41. The van der Waals surface area contributed by atoms with Crippen molar-refractivity contribution in [3.8, 4) is 11.1 Å². The maximum atomic E-state index is 6.97. The number of hydrogen-bond acceptors (Lipinski definition) is 2. The summed E-state index contributed by atoms with van der Waals surface area (Å²) in [7, 11) is 0. The molecule has 18 heavy (non-hydrogen) atoms. The van der Waals surface area contributed by atoms with Crippen LogP contribution < -0.4 is 0 Å². The van der Waals surface area contributed by atoms with Crippen LogP contribution in [0.25, 0.3) is 21.9 Å². The van der Waals surface area contributed by atoms with Crippen molar-refractivity contribution in [2.75, 3.05) is 0 Å². The molecule has 3 aromatic rings. The van der Waals surface area contributed by atoms with Gasteiger partial charge < -0.3 is 0 Å². The molecular weight excluding hydrogens is 220 g/mol. The number of nitrogens with one attached hydrogen (secondary N) is 1. The van der Waals surface area contributed by atoms with Crippen molar-refractivity contribution >= 4 is 16.5 Å². The van der Waals surface area contributed by atoms with Gasteiger partial charge in [0.15, 0.2) is 0 Å². The van der Waals surface area contributed by atoms with Crippen LogP contribution in [0.2, 0.25) is 0 Å². The quantitative estimate of drug-likeness (QED) is 0.592. The Labute approximate surface area is 105 Å². The van der Waals surface area contributed by atoms with Crippen LogP contribution in [0.1, 0.15) is 0 Å². The Morgan fingerprint density at radius 1 is 0.722 bits per heavy atom. The lowest BCUT2D eigenvalue weighted by molar-refractivity contribution is 1.15. The Balaban J connectivity index is 2.21. The lowest BCUT2D eigenvalue weighted by atomic mass is 9.98. The minimum absolute atomic E-state index is 0.680. The molecule has 0 aromatic heterocycles. The monoisotopic (exact) mass is 232 g/mol. The Bertz CT molecular complexity index is 694.